The highest BCUT2D eigenvalue weighted by Crippen LogP contribution is 2.24. The van der Waals surface area contributed by atoms with E-state index in [9.17, 15) is 0 Å². The molecule has 0 aliphatic rings. The molecule has 2 aromatic rings. The average Bonchev–Trinajstić information content (AvgIpc) is 2.47. The number of rotatable bonds is 6. The van der Waals surface area contributed by atoms with Crippen molar-refractivity contribution in [1.29, 1.82) is 0 Å². The van der Waals surface area contributed by atoms with E-state index in [1.807, 2.05) is 31.3 Å². The molecule has 0 aliphatic heterocycles. The summed E-state index contributed by atoms with van der Waals surface area (Å²) in [6.07, 6.45) is 2.05. The Morgan fingerprint density at radius 1 is 1.14 bits per heavy atom. The van der Waals surface area contributed by atoms with Gasteiger partial charge in [0.05, 0.1) is 7.11 Å². The molecule has 2 aromatic carbocycles. The molecule has 1 atom stereocenters. The number of ether oxygens (including phenoxy) is 1. The number of halogens is 1. The normalized spacial score (nSPS) is 12.2. The Labute approximate surface area is 132 Å². The predicted molar refractivity (Wildman–Crippen MR) is 89.3 cm³/mol. The summed E-state index contributed by atoms with van der Waals surface area (Å²) in [4.78, 5) is 0. The minimum Gasteiger partial charge on any atom is -0.497 e. The van der Waals surface area contributed by atoms with Crippen molar-refractivity contribution >= 4 is 11.6 Å². The molecule has 0 amide bonds. The topological polar surface area (TPSA) is 21.3 Å². The molecule has 0 heterocycles. The smallest absolute Gasteiger partial charge is 0.118 e. The molecular weight excluding hydrogens is 282 g/mol. The minimum atomic E-state index is 0.310. The number of hydrogen-bond acceptors (Lipinski definition) is 2. The number of aryl methyl sites for hydroxylation is 2. The molecule has 2 rings (SSSR count). The number of nitrogens with one attached hydrogen (secondary N) is 1. The first-order chi connectivity index (χ1) is 10.1. The first kappa shape index (κ1) is 15.9. The van der Waals surface area contributed by atoms with Gasteiger partial charge in [0, 0.05) is 11.1 Å². The first-order valence-electron chi connectivity index (χ1n) is 7.19. The maximum absolute atomic E-state index is 6.16. The zero-order valence-electron chi connectivity index (χ0n) is 12.8. The Morgan fingerprint density at radius 2 is 1.86 bits per heavy atom. The van der Waals surface area contributed by atoms with E-state index in [1.165, 1.54) is 16.7 Å². The standard InChI is InChI=1S/C18H22ClNO/c1-13-10-15(12-16(19)11-13)18(20-2)9-6-14-4-7-17(21-3)8-5-14/h4-5,7-8,10-12,18,20H,6,9H2,1-3H3. The largest absolute Gasteiger partial charge is 0.497 e. The van der Waals surface area contributed by atoms with E-state index in [0.29, 0.717) is 6.04 Å². The van der Waals surface area contributed by atoms with Crippen LogP contribution in [0.3, 0.4) is 0 Å². The van der Waals surface area contributed by atoms with Gasteiger partial charge in [0.15, 0.2) is 0 Å². The van der Waals surface area contributed by atoms with Gasteiger partial charge in [-0.1, -0.05) is 29.8 Å². The Kier molecular flexibility index (Phi) is 5.66. The van der Waals surface area contributed by atoms with Crippen LogP contribution in [0.25, 0.3) is 0 Å². The Hall–Kier alpha value is -1.51. The van der Waals surface area contributed by atoms with Crippen molar-refractivity contribution in [2.24, 2.45) is 0 Å². The van der Waals surface area contributed by atoms with E-state index in [0.717, 1.165) is 23.6 Å². The van der Waals surface area contributed by atoms with Crippen LogP contribution in [0.1, 0.15) is 29.2 Å². The SMILES string of the molecule is CNC(CCc1ccc(OC)cc1)c1cc(C)cc(Cl)c1. The Bertz CT molecular complexity index is 560. The van der Waals surface area contributed by atoms with E-state index in [2.05, 4.69) is 30.4 Å². The van der Waals surface area contributed by atoms with Gasteiger partial charge in [0.25, 0.3) is 0 Å². The highest BCUT2D eigenvalue weighted by atomic mass is 35.5. The summed E-state index contributed by atoms with van der Waals surface area (Å²) in [5, 5.41) is 4.18. The minimum absolute atomic E-state index is 0.310. The van der Waals surface area contributed by atoms with E-state index in [1.54, 1.807) is 7.11 Å². The molecule has 0 bridgehead atoms. The van der Waals surface area contributed by atoms with Crippen LogP contribution in [0.4, 0.5) is 0 Å². The lowest BCUT2D eigenvalue weighted by atomic mass is 9.98. The van der Waals surface area contributed by atoms with Crippen molar-refractivity contribution in [2.75, 3.05) is 14.2 Å². The molecule has 0 radical (unpaired) electrons. The fourth-order valence-corrected chi connectivity index (χ4v) is 2.84. The second-order valence-electron chi connectivity index (χ2n) is 5.29. The summed E-state index contributed by atoms with van der Waals surface area (Å²) in [5.41, 5.74) is 3.76. The third kappa shape index (κ3) is 4.48. The molecule has 2 nitrogen and oxygen atoms in total. The zero-order chi connectivity index (χ0) is 15.2. The molecule has 1 N–H and O–H groups in total. The fraction of sp³-hybridized carbons (Fsp3) is 0.333. The molecule has 1 unspecified atom stereocenters. The first-order valence-corrected chi connectivity index (χ1v) is 7.57. The van der Waals surface area contributed by atoms with Crippen molar-refractivity contribution in [2.45, 2.75) is 25.8 Å². The van der Waals surface area contributed by atoms with Crippen molar-refractivity contribution in [3.05, 3.63) is 64.2 Å². The second-order valence-corrected chi connectivity index (χ2v) is 5.73. The fourth-order valence-electron chi connectivity index (χ4n) is 2.55. The monoisotopic (exact) mass is 303 g/mol. The lowest BCUT2D eigenvalue weighted by Crippen LogP contribution is -2.17. The molecule has 112 valence electrons. The van der Waals surface area contributed by atoms with Crippen LogP contribution in [0.15, 0.2) is 42.5 Å². The molecule has 21 heavy (non-hydrogen) atoms. The third-order valence-electron chi connectivity index (χ3n) is 3.70. The van der Waals surface area contributed by atoms with Crippen LogP contribution in [-0.2, 0) is 6.42 Å². The summed E-state index contributed by atoms with van der Waals surface area (Å²) in [7, 11) is 3.68. The highest BCUT2D eigenvalue weighted by molar-refractivity contribution is 6.30. The third-order valence-corrected chi connectivity index (χ3v) is 3.91. The molecule has 0 saturated heterocycles. The molecular formula is C18H22ClNO. The Balaban J connectivity index is 2.04. The summed E-state index contributed by atoms with van der Waals surface area (Å²) < 4.78 is 5.18. The lowest BCUT2D eigenvalue weighted by Gasteiger charge is -2.18. The number of benzene rings is 2. The van der Waals surface area contributed by atoms with Gasteiger partial charge in [-0.3, -0.25) is 0 Å². The molecule has 0 aliphatic carbocycles. The van der Waals surface area contributed by atoms with Gasteiger partial charge in [0.1, 0.15) is 5.75 Å². The maximum Gasteiger partial charge on any atom is 0.118 e. The van der Waals surface area contributed by atoms with Crippen LogP contribution >= 0.6 is 11.6 Å². The van der Waals surface area contributed by atoms with Gasteiger partial charge in [-0.2, -0.15) is 0 Å². The van der Waals surface area contributed by atoms with E-state index in [4.69, 9.17) is 16.3 Å². The van der Waals surface area contributed by atoms with Gasteiger partial charge in [-0.05, 0) is 67.8 Å². The van der Waals surface area contributed by atoms with Crippen LogP contribution in [0.5, 0.6) is 5.75 Å². The average molecular weight is 304 g/mol. The van der Waals surface area contributed by atoms with Gasteiger partial charge in [-0.25, -0.2) is 0 Å². The zero-order valence-corrected chi connectivity index (χ0v) is 13.6. The molecule has 0 spiro atoms. The Morgan fingerprint density at radius 3 is 2.43 bits per heavy atom. The van der Waals surface area contributed by atoms with Crippen LogP contribution in [-0.4, -0.2) is 14.2 Å². The predicted octanol–water partition coefficient (Wildman–Crippen LogP) is 4.55. The van der Waals surface area contributed by atoms with Crippen molar-refractivity contribution < 1.29 is 4.74 Å². The molecule has 0 saturated carbocycles. The lowest BCUT2D eigenvalue weighted by molar-refractivity contribution is 0.414. The highest BCUT2D eigenvalue weighted by Gasteiger charge is 2.10. The number of hydrogen-bond donors (Lipinski definition) is 1. The second kappa shape index (κ2) is 7.48. The van der Waals surface area contributed by atoms with Crippen LogP contribution in [0.2, 0.25) is 5.02 Å². The molecule has 0 fully saturated rings. The summed E-state index contributed by atoms with van der Waals surface area (Å²) in [5.74, 6) is 0.898. The van der Waals surface area contributed by atoms with E-state index < -0.39 is 0 Å². The van der Waals surface area contributed by atoms with Gasteiger partial charge in [-0.15, -0.1) is 0 Å². The van der Waals surface area contributed by atoms with Gasteiger partial charge >= 0.3 is 0 Å². The van der Waals surface area contributed by atoms with E-state index in [-0.39, 0.29) is 0 Å². The van der Waals surface area contributed by atoms with Crippen molar-refractivity contribution in [3.63, 3.8) is 0 Å². The van der Waals surface area contributed by atoms with Crippen LogP contribution < -0.4 is 10.1 Å². The summed E-state index contributed by atoms with van der Waals surface area (Å²) in [6.45, 7) is 2.07. The maximum atomic E-state index is 6.16. The summed E-state index contributed by atoms with van der Waals surface area (Å²) in [6, 6.07) is 14.8. The number of methoxy groups -OCH3 is 1. The summed E-state index contributed by atoms with van der Waals surface area (Å²) >= 11 is 6.16. The molecule has 0 aromatic heterocycles. The molecule has 3 heteroatoms. The van der Waals surface area contributed by atoms with Crippen LogP contribution in [0, 0.1) is 6.92 Å². The van der Waals surface area contributed by atoms with E-state index >= 15 is 0 Å². The van der Waals surface area contributed by atoms with Gasteiger partial charge < -0.3 is 10.1 Å². The van der Waals surface area contributed by atoms with Crippen molar-refractivity contribution in [3.8, 4) is 5.75 Å². The quantitative estimate of drug-likeness (QED) is 0.845. The van der Waals surface area contributed by atoms with Gasteiger partial charge in [0.2, 0.25) is 0 Å². The van der Waals surface area contributed by atoms with Crippen molar-refractivity contribution in [1.82, 2.24) is 5.32 Å².